The van der Waals surface area contributed by atoms with Crippen molar-refractivity contribution in [1.29, 1.82) is 0 Å². The smallest absolute Gasteiger partial charge is 0.145 e. The molecule has 0 aliphatic heterocycles. The number of allylic oxidation sites excluding steroid dienone is 2. The Balaban J connectivity index is 2.29. The second kappa shape index (κ2) is 8.05. The zero-order valence-corrected chi connectivity index (χ0v) is 15.3. The summed E-state index contributed by atoms with van der Waals surface area (Å²) in [7, 11) is -1.86. The first-order valence-electron chi connectivity index (χ1n) is 8.44. The van der Waals surface area contributed by atoms with Crippen LogP contribution in [-0.2, 0) is 4.79 Å². The maximum Gasteiger partial charge on any atom is 0.145 e. The van der Waals surface area contributed by atoms with Crippen LogP contribution in [0.15, 0.2) is 103 Å². The molecule has 3 aromatic rings. The number of hydrogen-bond donors (Lipinski definition) is 0. The van der Waals surface area contributed by atoms with Crippen LogP contribution in [0.1, 0.15) is 6.92 Å². The zero-order chi connectivity index (χ0) is 17.5. The molecule has 0 bridgehead atoms. The first-order valence-corrected chi connectivity index (χ1v) is 10.4. The van der Waals surface area contributed by atoms with Crippen molar-refractivity contribution in [3.05, 3.63) is 103 Å². The average molecular weight is 345 g/mol. The SMILES string of the molecule is C/C(C=O)=C\C[P+](c1ccccc1)(c1ccccc1)c1ccccc1. The predicted octanol–water partition coefficient (Wildman–Crippen LogP) is 4.13. The molecule has 0 saturated carbocycles. The van der Waals surface area contributed by atoms with E-state index in [4.69, 9.17) is 0 Å². The molecule has 0 fully saturated rings. The normalized spacial score (nSPS) is 12.0. The van der Waals surface area contributed by atoms with Crippen molar-refractivity contribution in [3.63, 3.8) is 0 Å². The molecule has 0 saturated heterocycles. The van der Waals surface area contributed by atoms with Gasteiger partial charge in [0.25, 0.3) is 0 Å². The van der Waals surface area contributed by atoms with Crippen LogP contribution in [0.25, 0.3) is 0 Å². The zero-order valence-electron chi connectivity index (χ0n) is 14.4. The molecule has 0 heterocycles. The largest absolute Gasteiger partial charge is 0.298 e. The second-order valence-electron chi connectivity index (χ2n) is 6.06. The fraction of sp³-hybridized carbons (Fsp3) is 0.0870. The van der Waals surface area contributed by atoms with Crippen LogP contribution in [0, 0.1) is 0 Å². The summed E-state index contributed by atoms with van der Waals surface area (Å²) in [5.74, 6) is 0. The van der Waals surface area contributed by atoms with E-state index < -0.39 is 7.26 Å². The predicted molar refractivity (Wildman–Crippen MR) is 110 cm³/mol. The molecule has 3 rings (SSSR count). The van der Waals surface area contributed by atoms with E-state index in [1.807, 2.05) is 6.92 Å². The summed E-state index contributed by atoms with van der Waals surface area (Å²) < 4.78 is 0. The molecule has 0 aliphatic carbocycles. The Bertz CT molecular complexity index is 742. The lowest BCUT2D eigenvalue weighted by Crippen LogP contribution is -2.33. The summed E-state index contributed by atoms with van der Waals surface area (Å²) in [4.78, 5) is 11.2. The van der Waals surface area contributed by atoms with E-state index in [1.165, 1.54) is 15.9 Å². The van der Waals surface area contributed by atoms with E-state index in [0.29, 0.717) is 0 Å². The van der Waals surface area contributed by atoms with Gasteiger partial charge in [-0.2, -0.15) is 0 Å². The summed E-state index contributed by atoms with van der Waals surface area (Å²) in [6.45, 7) is 1.88. The van der Waals surface area contributed by atoms with Crippen molar-refractivity contribution in [1.82, 2.24) is 0 Å². The van der Waals surface area contributed by atoms with E-state index in [-0.39, 0.29) is 0 Å². The number of rotatable bonds is 6. The summed E-state index contributed by atoms with van der Waals surface area (Å²) in [5.41, 5.74) is 0.784. The Morgan fingerprint density at radius 3 is 1.40 bits per heavy atom. The molecule has 0 amide bonds. The third-order valence-electron chi connectivity index (χ3n) is 4.46. The van der Waals surface area contributed by atoms with Crippen molar-refractivity contribution in [2.24, 2.45) is 0 Å². The van der Waals surface area contributed by atoms with Crippen molar-refractivity contribution < 1.29 is 4.79 Å². The highest BCUT2D eigenvalue weighted by atomic mass is 31.2. The molecule has 0 unspecified atom stereocenters. The molecule has 0 aromatic heterocycles. The molecular weight excluding hydrogens is 323 g/mol. The summed E-state index contributed by atoms with van der Waals surface area (Å²) >= 11 is 0. The topological polar surface area (TPSA) is 17.1 Å². The molecule has 0 N–H and O–H groups in total. The first-order chi connectivity index (χ1) is 12.3. The van der Waals surface area contributed by atoms with Gasteiger partial charge in [0, 0.05) is 0 Å². The Hall–Kier alpha value is -2.50. The van der Waals surface area contributed by atoms with E-state index >= 15 is 0 Å². The van der Waals surface area contributed by atoms with Crippen molar-refractivity contribution in [3.8, 4) is 0 Å². The Morgan fingerprint density at radius 2 is 1.08 bits per heavy atom. The quantitative estimate of drug-likeness (QED) is 0.373. The van der Waals surface area contributed by atoms with Crippen LogP contribution in [0.5, 0.6) is 0 Å². The Labute approximate surface area is 150 Å². The summed E-state index contributed by atoms with van der Waals surface area (Å²) in [6, 6.07) is 32.1. The van der Waals surface area contributed by atoms with Crippen LogP contribution >= 0.6 is 7.26 Å². The lowest BCUT2D eigenvalue weighted by atomic mass is 10.3. The van der Waals surface area contributed by atoms with Gasteiger partial charge in [-0.3, -0.25) is 4.79 Å². The lowest BCUT2D eigenvalue weighted by Gasteiger charge is -2.26. The lowest BCUT2D eigenvalue weighted by molar-refractivity contribution is -0.104. The Kier molecular flexibility index (Phi) is 5.58. The van der Waals surface area contributed by atoms with Crippen LogP contribution in [0.4, 0.5) is 0 Å². The van der Waals surface area contributed by atoms with Gasteiger partial charge in [-0.1, -0.05) is 54.6 Å². The molecule has 124 valence electrons. The molecule has 25 heavy (non-hydrogen) atoms. The minimum Gasteiger partial charge on any atom is -0.298 e. The van der Waals surface area contributed by atoms with Gasteiger partial charge in [0.2, 0.25) is 0 Å². The van der Waals surface area contributed by atoms with Gasteiger partial charge in [-0.05, 0) is 55.0 Å². The minimum absolute atomic E-state index is 0.784. The van der Waals surface area contributed by atoms with E-state index in [1.54, 1.807) is 0 Å². The van der Waals surface area contributed by atoms with Crippen molar-refractivity contribution in [2.75, 3.05) is 6.16 Å². The highest BCUT2D eigenvalue weighted by molar-refractivity contribution is 7.95. The third-order valence-corrected chi connectivity index (χ3v) is 8.73. The molecule has 0 atom stereocenters. The molecular formula is C23H22OP+. The van der Waals surface area contributed by atoms with Crippen molar-refractivity contribution in [2.45, 2.75) is 6.92 Å². The monoisotopic (exact) mass is 345 g/mol. The fourth-order valence-corrected chi connectivity index (χ4v) is 7.27. The minimum atomic E-state index is -1.86. The number of carbonyl (C=O) groups excluding carboxylic acids is 1. The van der Waals surface area contributed by atoms with E-state index in [2.05, 4.69) is 97.1 Å². The van der Waals surface area contributed by atoms with Crippen LogP contribution in [0.3, 0.4) is 0 Å². The van der Waals surface area contributed by atoms with Gasteiger partial charge in [0.1, 0.15) is 29.5 Å². The Morgan fingerprint density at radius 1 is 0.720 bits per heavy atom. The van der Waals surface area contributed by atoms with Gasteiger partial charge in [-0.15, -0.1) is 0 Å². The molecule has 0 spiro atoms. The molecule has 1 nitrogen and oxygen atoms in total. The third kappa shape index (κ3) is 3.62. The summed E-state index contributed by atoms with van der Waals surface area (Å²) in [6.07, 6.45) is 3.87. The maximum atomic E-state index is 11.2. The van der Waals surface area contributed by atoms with E-state index in [0.717, 1.165) is 18.0 Å². The van der Waals surface area contributed by atoms with Crippen LogP contribution in [0.2, 0.25) is 0 Å². The van der Waals surface area contributed by atoms with E-state index in [9.17, 15) is 4.79 Å². The average Bonchev–Trinajstić information content (AvgIpc) is 2.71. The first kappa shape index (κ1) is 17.3. The standard InChI is InChI=1S/C23H22OP/c1-20(19-24)17-18-25(21-11-5-2-6-12-21,22-13-7-3-8-14-22)23-15-9-4-10-16-23/h2-17,19H,18H2,1H3/q+1/b20-17+. The highest BCUT2D eigenvalue weighted by Crippen LogP contribution is 2.55. The van der Waals surface area contributed by atoms with Gasteiger partial charge in [0.15, 0.2) is 0 Å². The number of carbonyl (C=O) groups is 1. The van der Waals surface area contributed by atoms with Gasteiger partial charge in [-0.25, -0.2) is 0 Å². The van der Waals surface area contributed by atoms with Crippen molar-refractivity contribution >= 4 is 29.5 Å². The second-order valence-corrected chi connectivity index (χ2v) is 9.60. The molecule has 0 radical (unpaired) electrons. The van der Waals surface area contributed by atoms with Gasteiger partial charge in [0.05, 0.1) is 6.16 Å². The molecule has 3 aromatic carbocycles. The molecule has 0 aliphatic rings. The summed E-state index contributed by atoms with van der Waals surface area (Å²) in [5, 5.41) is 4.01. The van der Waals surface area contributed by atoms with Gasteiger partial charge >= 0.3 is 0 Å². The fourth-order valence-electron chi connectivity index (χ4n) is 3.14. The highest BCUT2D eigenvalue weighted by Gasteiger charge is 2.44. The van der Waals surface area contributed by atoms with Crippen LogP contribution < -0.4 is 15.9 Å². The maximum absolute atomic E-state index is 11.2. The van der Waals surface area contributed by atoms with Gasteiger partial charge < -0.3 is 0 Å². The number of benzene rings is 3. The number of aldehydes is 1. The van der Waals surface area contributed by atoms with Crippen LogP contribution in [-0.4, -0.2) is 12.4 Å². The molecule has 2 heteroatoms. The number of hydrogen-bond acceptors (Lipinski definition) is 1.